The minimum atomic E-state index is -0.573. The van der Waals surface area contributed by atoms with Crippen LogP contribution in [0.1, 0.15) is 17.2 Å². The molecule has 0 unspecified atom stereocenters. The van der Waals surface area contributed by atoms with E-state index in [0.717, 1.165) is 11.1 Å². The largest absolute Gasteiger partial charge is 0.390 e. The van der Waals surface area contributed by atoms with E-state index in [2.05, 4.69) is 4.98 Å². The molecule has 0 spiro atoms. The van der Waals surface area contributed by atoms with Crippen LogP contribution >= 0.6 is 0 Å². The summed E-state index contributed by atoms with van der Waals surface area (Å²) in [5, 5.41) is 20.7. The van der Waals surface area contributed by atoms with E-state index in [0.29, 0.717) is 6.42 Å². The summed E-state index contributed by atoms with van der Waals surface area (Å²) in [4.78, 5) is 13.8. The fourth-order valence-corrected chi connectivity index (χ4v) is 2.48. The minimum absolute atomic E-state index is 0.202. The van der Waals surface area contributed by atoms with Crippen molar-refractivity contribution >= 4 is 5.82 Å². The molecule has 2 aromatic rings. The summed E-state index contributed by atoms with van der Waals surface area (Å²) in [6, 6.07) is 7.42. The Hall–Kier alpha value is -2.21. The maximum Gasteiger partial charge on any atom is 0.381 e. The zero-order chi connectivity index (χ0) is 12.7. The van der Waals surface area contributed by atoms with Crippen LogP contribution < -0.4 is 0 Å². The van der Waals surface area contributed by atoms with Crippen molar-refractivity contribution < 1.29 is 10.0 Å². The summed E-state index contributed by atoms with van der Waals surface area (Å²) in [6.07, 6.45) is 2.74. The smallest absolute Gasteiger partial charge is 0.381 e. The fourth-order valence-electron chi connectivity index (χ4n) is 2.48. The first-order valence-corrected chi connectivity index (χ1v) is 5.60. The molecule has 0 aliphatic heterocycles. The average molecular weight is 245 g/mol. The van der Waals surface area contributed by atoms with Gasteiger partial charge in [-0.2, -0.15) is 0 Å². The molecule has 3 rings (SSSR count). The SMILES string of the molecule is O=[N+]([O-])c1cn([C@@H]2c3ccccc3C[C@@H]2O)cn1. The Morgan fingerprint density at radius 1 is 1.44 bits per heavy atom. The third-order valence-electron chi connectivity index (χ3n) is 3.26. The Morgan fingerprint density at radius 2 is 2.22 bits per heavy atom. The molecule has 1 aliphatic carbocycles. The van der Waals surface area contributed by atoms with Gasteiger partial charge >= 0.3 is 5.82 Å². The number of rotatable bonds is 2. The molecule has 1 aliphatic rings. The molecule has 0 saturated carbocycles. The standard InChI is InChI=1S/C12H11N3O3/c16-10-5-8-3-1-2-4-9(8)12(10)14-6-11(13-7-14)15(17)18/h1-4,6-7,10,12,16H,5H2/t10-,12+/m0/s1. The van der Waals surface area contributed by atoms with Crippen molar-refractivity contribution in [1.29, 1.82) is 0 Å². The van der Waals surface area contributed by atoms with Crippen molar-refractivity contribution in [2.45, 2.75) is 18.6 Å². The zero-order valence-electron chi connectivity index (χ0n) is 9.43. The summed E-state index contributed by atoms with van der Waals surface area (Å²) < 4.78 is 1.61. The Labute approximate surface area is 103 Å². The number of imidazole rings is 1. The van der Waals surface area contributed by atoms with Gasteiger partial charge in [0.2, 0.25) is 6.33 Å². The summed E-state index contributed by atoms with van der Waals surface area (Å²) in [5.74, 6) is -0.202. The van der Waals surface area contributed by atoms with Crippen LogP contribution in [0.15, 0.2) is 36.8 Å². The van der Waals surface area contributed by atoms with Crippen LogP contribution in [0.5, 0.6) is 0 Å². The Bertz CT molecular complexity index is 608. The molecule has 0 amide bonds. The quantitative estimate of drug-likeness (QED) is 0.638. The van der Waals surface area contributed by atoms with Crippen molar-refractivity contribution in [3.05, 3.63) is 58.0 Å². The predicted octanol–water partition coefficient (Wildman–Crippen LogP) is 1.30. The molecule has 1 N–H and O–H groups in total. The van der Waals surface area contributed by atoms with Crippen LogP contribution in [0.2, 0.25) is 0 Å². The van der Waals surface area contributed by atoms with E-state index >= 15 is 0 Å². The molecule has 0 saturated heterocycles. The van der Waals surface area contributed by atoms with Crippen molar-refractivity contribution in [3.63, 3.8) is 0 Å². The van der Waals surface area contributed by atoms with Crippen LogP contribution in [0, 0.1) is 10.1 Å². The first-order chi connectivity index (χ1) is 8.66. The maximum atomic E-state index is 10.6. The molecule has 0 radical (unpaired) electrons. The molecule has 18 heavy (non-hydrogen) atoms. The number of aliphatic hydroxyl groups excluding tert-OH is 1. The van der Waals surface area contributed by atoms with Crippen molar-refractivity contribution in [3.8, 4) is 0 Å². The lowest BCUT2D eigenvalue weighted by atomic mass is 10.1. The van der Waals surface area contributed by atoms with E-state index < -0.39 is 11.0 Å². The van der Waals surface area contributed by atoms with E-state index in [4.69, 9.17) is 0 Å². The van der Waals surface area contributed by atoms with Crippen molar-refractivity contribution in [2.75, 3.05) is 0 Å². The van der Waals surface area contributed by atoms with Crippen LogP contribution in [-0.4, -0.2) is 25.7 Å². The van der Waals surface area contributed by atoms with Gasteiger partial charge in [0, 0.05) is 6.42 Å². The second kappa shape index (κ2) is 3.92. The third kappa shape index (κ3) is 1.58. The highest BCUT2D eigenvalue weighted by Gasteiger charge is 2.33. The van der Waals surface area contributed by atoms with Gasteiger partial charge in [-0.15, -0.1) is 0 Å². The second-order valence-corrected chi connectivity index (χ2v) is 4.35. The normalized spacial score (nSPS) is 21.8. The van der Waals surface area contributed by atoms with Gasteiger partial charge in [-0.3, -0.25) is 0 Å². The monoisotopic (exact) mass is 245 g/mol. The highest BCUT2D eigenvalue weighted by Crippen LogP contribution is 2.34. The molecule has 1 aromatic carbocycles. The lowest BCUT2D eigenvalue weighted by molar-refractivity contribution is -0.389. The maximum absolute atomic E-state index is 10.6. The van der Waals surface area contributed by atoms with E-state index in [1.54, 1.807) is 4.57 Å². The predicted molar refractivity (Wildman–Crippen MR) is 63.2 cm³/mol. The number of nitro groups is 1. The molecule has 0 fully saturated rings. The number of hydrogen-bond acceptors (Lipinski definition) is 4. The highest BCUT2D eigenvalue weighted by atomic mass is 16.6. The fraction of sp³-hybridized carbons (Fsp3) is 0.250. The zero-order valence-corrected chi connectivity index (χ0v) is 9.43. The summed E-state index contributed by atoms with van der Waals surface area (Å²) >= 11 is 0. The lowest BCUT2D eigenvalue weighted by Crippen LogP contribution is -2.19. The molecular weight excluding hydrogens is 234 g/mol. The number of benzene rings is 1. The van der Waals surface area contributed by atoms with Crippen LogP contribution in [0.3, 0.4) is 0 Å². The van der Waals surface area contributed by atoms with Gasteiger partial charge < -0.3 is 19.8 Å². The van der Waals surface area contributed by atoms with Crippen LogP contribution in [0.4, 0.5) is 5.82 Å². The number of aromatic nitrogens is 2. The summed E-state index contributed by atoms with van der Waals surface area (Å²) in [5.41, 5.74) is 2.07. The molecule has 1 heterocycles. The van der Waals surface area contributed by atoms with Gasteiger partial charge in [-0.25, -0.2) is 0 Å². The van der Waals surface area contributed by atoms with Gasteiger partial charge in [0.15, 0.2) is 0 Å². The molecule has 2 atom stereocenters. The van der Waals surface area contributed by atoms with E-state index in [1.807, 2.05) is 24.3 Å². The van der Waals surface area contributed by atoms with Gasteiger partial charge in [0.25, 0.3) is 0 Å². The third-order valence-corrected chi connectivity index (χ3v) is 3.26. The Balaban J connectivity index is 2.03. The van der Waals surface area contributed by atoms with Gasteiger partial charge in [0.1, 0.15) is 6.20 Å². The van der Waals surface area contributed by atoms with E-state index in [1.165, 1.54) is 12.5 Å². The molecule has 1 aromatic heterocycles. The van der Waals surface area contributed by atoms with Crippen LogP contribution in [-0.2, 0) is 6.42 Å². The molecule has 6 nitrogen and oxygen atoms in total. The number of nitrogens with zero attached hydrogens (tertiary/aromatic N) is 3. The van der Waals surface area contributed by atoms with E-state index in [9.17, 15) is 15.2 Å². The number of fused-ring (bicyclic) bond motifs is 1. The van der Waals surface area contributed by atoms with Gasteiger partial charge in [-0.1, -0.05) is 24.3 Å². The average Bonchev–Trinajstić information content (AvgIpc) is 2.91. The number of hydrogen-bond donors (Lipinski definition) is 1. The lowest BCUT2D eigenvalue weighted by Gasteiger charge is -2.15. The summed E-state index contributed by atoms with van der Waals surface area (Å²) in [6.45, 7) is 0. The molecule has 0 bridgehead atoms. The molecule has 6 heteroatoms. The van der Waals surface area contributed by atoms with Gasteiger partial charge in [-0.05, 0) is 21.0 Å². The minimum Gasteiger partial charge on any atom is -0.390 e. The van der Waals surface area contributed by atoms with Crippen molar-refractivity contribution in [2.24, 2.45) is 0 Å². The topological polar surface area (TPSA) is 81.2 Å². The summed E-state index contributed by atoms with van der Waals surface area (Å²) in [7, 11) is 0. The van der Waals surface area contributed by atoms with Crippen LogP contribution in [0.25, 0.3) is 0 Å². The van der Waals surface area contributed by atoms with E-state index in [-0.39, 0.29) is 11.9 Å². The number of aliphatic hydroxyl groups is 1. The molecule has 92 valence electrons. The Morgan fingerprint density at radius 3 is 2.94 bits per heavy atom. The first-order valence-electron chi connectivity index (χ1n) is 5.60. The second-order valence-electron chi connectivity index (χ2n) is 4.35. The highest BCUT2D eigenvalue weighted by molar-refractivity contribution is 5.37. The first kappa shape index (κ1) is 10.9. The van der Waals surface area contributed by atoms with Gasteiger partial charge in [0.05, 0.1) is 12.1 Å². The Kier molecular flexibility index (Phi) is 2.38. The van der Waals surface area contributed by atoms with Crippen molar-refractivity contribution in [1.82, 2.24) is 9.55 Å². The molecular formula is C12H11N3O3.